The van der Waals surface area contributed by atoms with Crippen molar-refractivity contribution in [2.75, 3.05) is 0 Å². The number of benzene rings is 3. The lowest BCUT2D eigenvalue weighted by Crippen LogP contribution is -2.29. The van der Waals surface area contributed by atoms with Gasteiger partial charge in [0, 0.05) is 0 Å². The minimum Gasteiger partial charge on any atom is -0.454 e. The number of carbonyl (C=O) groups excluding carboxylic acids is 1. The van der Waals surface area contributed by atoms with Crippen LogP contribution in [0.4, 0.5) is 0 Å². The van der Waals surface area contributed by atoms with E-state index < -0.39 is 7.92 Å². The normalized spacial score (nSPS) is 12.0. The molecule has 0 aliphatic heterocycles. The highest BCUT2D eigenvalue weighted by atomic mass is 31.1. The Morgan fingerprint density at radius 1 is 0.828 bits per heavy atom. The fourth-order valence-electron chi connectivity index (χ4n) is 3.41. The smallest absolute Gasteiger partial charge is 0.339 e. The number of ether oxygens (including phenoxy) is 1. The highest BCUT2D eigenvalue weighted by Gasteiger charge is 2.26. The molecular weight excluding hydrogens is 375 g/mol. The molecule has 3 heteroatoms. The molecule has 0 fully saturated rings. The van der Waals surface area contributed by atoms with Crippen LogP contribution in [0.15, 0.2) is 97.1 Å². The van der Waals surface area contributed by atoms with Crippen LogP contribution >= 0.6 is 7.92 Å². The predicted molar refractivity (Wildman–Crippen MR) is 124 cm³/mol. The van der Waals surface area contributed by atoms with E-state index in [-0.39, 0.29) is 18.0 Å². The Balaban J connectivity index is 2.07. The van der Waals surface area contributed by atoms with Gasteiger partial charge in [0.05, 0.1) is 5.56 Å². The molecular formula is C26H27O2P. The summed E-state index contributed by atoms with van der Waals surface area (Å²) in [6, 6.07) is 28.5. The van der Waals surface area contributed by atoms with Gasteiger partial charge in [0.15, 0.2) is 0 Å². The van der Waals surface area contributed by atoms with Gasteiger partial charge >= 0.3 is 5.97 Å². The van der Waals surface area contributed by atoms with Crippen LogP contribution in [0, 0.1) is 5.92 Å². The fraction of sp³-hybridized carbons (Fsp3) is 0.192. The number of esters is 1. The van der Waals surface area contributed by atoms with E-state index in [1.807, 2.05) is 81.4 Å². The quantitative estimate of drug-likeness (QED) is 0.308. The molecule has 0 aliphatic rings. The minimum atomic E-state index is -0.878. The van der Waals surface area contributed by atoms with Gasteiger partial charge in [-0.25, -0.2) is 4.79 Å². The van der Waals surface area contributed by atoms with Gasteiger partial charge in [-0.2, -0.15) is 0 Å². The molecule has 0 radical (unpaired) electrons. The van der Waals surface area contributed by atoms with Crippen LogP contribution < -0.4 is 15.9 Å². The first-order valence-corrected chi connectivity index (χ1v) is 11.2. The van der Waals surface area contributed by atoms with Crippen molar-refractivity contribution in [1.29, 1.82) is 0 Å². The molecule has 1 atom stereocenters. The maximum absolute atomic E-state index is 13.2. The van der Waals surface area contributed by atoms with Crippen LogP contribution in [0.1, 0.15) is 31.1 Å². The molecule has 0 N–H and O–H groups in total. The maximum atomic E-state index is 13.2. The molecule has 0 spiro atoms. The Labute approximate surface area is 175 Å². The van der Waals surface area contributed by atoms with Gasteiger partial charge in [0.1, 0.15) is 6.10 Å². The van der Waals surface area contributed by atoms with Gasteiger partial charge < -0.3 is 4.74 Å². The first kappa shape index (κ1) is 21.0. The fourth-order valence-corrected chi connectivity index (χ4v) is 5.84. The van der Waals surface area contributed by atoms with Crippen molar-refractivity contribution >= 4 is 29.8 Å². The second kappa shape index (κ2) is 9.67. The summed E-state index contributed by atoms with van der Waals surface area (Å²) in [6.45, 7) is 9.99. The number of rotatable bonds is 7. The van der Waals surface area contributed by atoms with Crippen molar-refractivity contribution in [3.8, 4) is 0 Å². The van der Waals surface area contributed by atoms with Crippen LogP contribution in [0.3, 0.4) is 0 Å². The molecule has 0 heterocycles. The highest BCUT2D eigenvalue weighted by molar-refractivity contribution is 7.80. The monoisotopic (exact) mass is 402 g/mol. The molecule has 0 aromatic heterocycles. The van der Waals surface area contributed by atoms with Crippen LogP contribution in [0.25, 0.3) is 0 Å². The summed E-state index contributed by atoms with van der Waals surface area (Å²) in [5.74, 6) is -0.116. The van der Waals surface area contributed by atoms with Crippen LogP contribution in [-0.4, -0.2) is 12.1 Å². The van der Waals surface area contributed by atoms with Crippen molar-refractivity contribution in [2.45, 2.75) is 26.9 Å². The van der Waals surface area contributed by atoms with Crippen LogP contribution in [0.2, 0.25) is 0 Å². The molecule has 0 saturated heterocycles. The lowest BCUT2D eigenvalue weighted by molar-refractivity contribution is 0.0284. The van der Waals surface area contributed by atoms with Gasteiger partial charge in [-0.3, -0.25) is 0 Å². The average molecular weight is 402 g/mol. The SMILES string of the molecule is C=C(C)[C@@H](OC(=O)c1ccccc1P(c1ccccc1)c1ccccc1)C(C)C. The molecule has 0 bridgehead atoms. The van der Waals surface area contributed by atoms with Gasteiger partial charge in [-0.1, -0.05) is 99.3 Å². The zero-order chi connectivity index (χ0) is 20.8. The summed E-state index contributed by atoms with van der Waals surface area (Å²) in [7, 11) is -0.878. The Bertz CT molecular complexity index is 925. The van der Waals surface area contributed by atoms with E-state index in [1.54, 1.807) is 0 Å². The summed E-state index contributed by atoms with van der Waals surface area (Å²) >= 11 is 0. The van der Waals surface area contributed by atoms with E-state index in [0.29, 0.717) is 5.56 Å². The average Bonchev–Trinajstić information content (AvgIpc) is 2.73. The van der Waals surface area contributed by atoms with Crippen molar-refractivity contribution in [1.82, 2.24) is 0 Å². The van der Waals surface area contributed by atoms with Crippen LogP contribution in [0.5, 0.6) is 0 Å². The summed E-state index contributed by atoms with van der Waals surface area (Å²) in [5.41, 5.74) is 1.48. The second-order valence-electron chi connectivity index (χ2n) is 7.44. The summed E-state index contributed by atoms with van der Waals surface area (Å²) in [4.78, 5) is 13.2. The van der Waals surface area contributed by atoms with E-state index in [1.165, 1.54) is 10.6 Å². The summed E-state index contributed by atoms with van der Waals surface area (Å²) in [6.07, 6.45) is -0.296. The Morgan fingerprint density at radius 2 is 1.31 bits per heavy atom. The maximum Gasteiger partial charge on any atom is 0.339 e. The molecule has 3 aromatic rings. The van der Waals surface area contributed by atoms with E-state index >= 15 is 0 Å². The molecule has 29 heavy (non-hydrogen) atoms. The molecule has 0 unspecified atom stereocenters. The second-order valence-corrected chi connectivity index (χ2v) is 9.63. The Kier molecular flexibility index (Phi) is 7.01. The van der Waals surface area contributed by atoms with Gasteiger partial charge in [-0.15, -0.1) is 0 Å². The van der Waals surface area contributed by atoms with E-state index in [2.05, 4.69) is 30.8 Å². The lowest BCUT2D eigenvalue weighted by atomic mass is 10.0. The third-order valence-electron chi connectivity index (χ3n) is 4.72. The highest BCUT2D eigenvalue weighted by Crippen LogP contribution is 2.34. The first-order valence-electron chi connectivity index (χ1n) is 9.84. The topological polar surface area (TPSA) is 26.3 Å². The predicted octanol–water partition coefficient (Wildman–Crippen LogP) is 5.20. The van der Waals surface area contributed by atoms with E-state index in [0.717, 1.165) is 10.9 Å². The summed E-state index contributed by atoms with van der Waals surface area (Å²) in [5, 5.41) is 3.41. The molecule has 0 saturated carbocycles. The number of hydrogen-bond acceptors (Lipinski definition) is 2. The number of carbonyl (C=O) groups is 1. The van der Waals surface area contributed by atoms with Crippen molar-refractivity contribution < 1.29 is 9.53 Å². The molecule has 0 aliphatic carbocycles. The Morgan fingerprint density at radius 3 is 1.79 bits per heavy atom. The number of hydrogen-bond donors (Lipinski definition) is 0. The first-order chi connectivity index (χ1) is 14.0. The zero-order valence-electron chi connectivity index (χ0n) is 17.2. The lowest BCUT2D eigenvalue weighted by Gasteiger charge is -2.24. The zero-order valence-corrected chi connectivity index (χ0v) is 18.1. The van der Waals surface area contributed by atoms with Crippen molar-refractivity contribution in [3.63, 3.8) is 0 Å². The largest absolute Gasteiger partial charge is 0.454 e. The third-order valence-corrected chi connectivity index (χ3v) is 7.22. The molecule has 148 valence electrons. The Hall–Kier alpha value is -2.70. The van der Waals surface area contributed by atoms with Crippen LogP contribution in [-0.2, 0) is 4.74 Å². The molecule has 0 amide bonds. The molecule has 3 rings (SSSR count). The molecule has 2 nitrogen and oxygen atoms in total. The summed E-state index contributed by atoms with van der Waals surface area (Å²) < 4.78 is 5.89. The van der Waals surface area contributed by atoms with Gasteiger partial charge in [0.25, 0.3) is 0 Å². The molecule has 3 aromatic carbocycles. The third kappa shape index (κ3) is 5.02. The van der Waals surface area contributed by atoms with E-state index in [9.17, 15) is 4.79 Å². The van der Waals surface area contributed by atoms with Gasteiger partial charge in [-0.05, 0) is 48.3 Å². The van der Waals surface area contributed by atoms with E-state index in [4.69, 9.17) is 4.74 Å². The van der Waals surface area contributed by atoms with Crippen molar-refractivity contribution in [3.05, 3.63) is 103 Å². The standard InChI is InChI=1S/C26H27O2P/c1-19(2)25(20(3)4)28-26(27)23-17-11-12-18-24(23)29(21-13-7-5-8-14-21)22-15-9-6-10-16-22/h5-18,20,25H,1H2,2-4H3/t25-/m1/s1. The van der Waals surface area contributed by atoms with Crippen molar-refractivity contribution in [2.24, 2.45) is 5.92 Å². The van der Waals surface area contributed by atoms with Gasteiger partial charge in [0.2, 0.25) is 0 Å². The minimum absolute atomic E-state index is 0.174.